The molecule has 0 aliphatic carbocycles. The Kier molecular flexibility index (Phi) is 6.70. The fourth-order valence-electron chi connectivity index (χ4n) is 4.24. The quantitative estimate of drug-likeness (QED) is 0.179. The number of cyclic esters (lactones) is 4. The number of rotatable bonds is 7. The third-order valence-electron chi connectivity index (χ3n) is 6.58. The van der Waals surface area contributed by atoms with Gasteiger partial charge in [-0.2, -0.15) is 74.6 Å². The van der Waals surface area contributed by atoms with Gasteiger partial charge >= 0.3 is 71.5 Å². The first-order chi connectivity index (χ1) is 19.9. The highest BCUT2D eigenvalue weighted by atomic mass is 19.4. The van der Waals surface area contributed by atoms with Crippen LogP contribution in [0.5, 0.6) is 0 Å². The van der Waals surface area contributed by atoms with E-state index in [0.29, 0.717) is 12.1 Å². The molecule has 6 nitrogen and oxygen atoms in total. The van der Waals surface area contributed by atoms with E-state index in [-0.39, 0.29) is 0 Å². The molecule has 0 unspecified atom stereocenters. The van der Waals surface area contributed by atoms with Crippen LogP contribution in [0.25, 0.3) is 10.8 Å². The molecule has 2 aliphatic rings. The molecule has 0 N–H and O–H groups in total. The molecule has 0 atom stereocenters. The molecule has 2 aromatic rings. The number of hydrogen-bond acceptors (Lipinski definition) is 6. The maximum Gasteiger partial charge on any atom is 0.460 e. The van der Waals surface area contributed by atoms with E-state index in [1.165, 1.54) is 0 Å². The summed E-state index contributed by atoms with van der Waals surface area (Å²) in [5.41, 5.74) is -8.86. The van der Waals surface area contributed by atoms with E-state index in [1.807, 2.05) is 0 Å². The molecule has 0 aromatic heterocycles. The van der Waals surface area contributed by atoms with Gasteiger partial charge in [0.25, 0.3) is 0 Å². The van der Waals surface area contributed by atoms with Crippen molar-refractivity contribution < 1.29 is 103 Å². The topological polar surface area (TPSA) is 86.7 Å². The van der Waals surface area contributed by atoms with E-state index in [2.05, 4.69) is 9.47 Å². The fraction of sp³-hybridized carbons (Fsp3) is 0.364. The van der Waals surface area contributed by atoms with E-state index in [0.717, 1.165) is 0 Å². The summed E-state index contributed by atoms with van der Waals surface area (Å²) in [6.07, 6.45) is -7.93. The van der Waals surface area contributed by atoms with Crippen molar-refractivity contribution >= 4 is 34.6 Å². The fourth-order valence-corrected chi connectivity index (χ4v) is 4.24. The largest absolute Gasteiger partial charge is 0.460 e. The second-order valence-electron chi connectivity index (χ2n) is 9.13. The summed E-state index contributed by atoms with van der Waals surface area (Å²) >= 11 is 0. The van der Waals surface area contributed by atoms with Gasteiger partial charge in [-0.15, -0.1) is 0 Å². The van der Waals surface area contributed by atoms with Crippen molar-refractivity contribution in [3.8, 4) is 0 Å². The molecule has 4 rings (SSSR count). The summed E-state index contributed by atoms with van der Waals surface area (Å²) in [4.78, 5) is 48.6. The van der Waals surface area contributed by atoms with Gasteiger partial charge in [-0.25, -0.2) is 19.2 Å². The third-order valence-corrected chi connectivity index (χ3v) is 6.58. The van der Waals surface area contributed by atoms with Crippen LogP contribution in [0, 0.1) is 0 Å². The number of esters is 4. The van der Waals surface area contributed by atoms with Gasteiger partial charge in [0, 0.05) is 16.3 Å². The molecule has 0 bridgehead atoms. The van der Waals surface area contributed by atoms with Crippen LogP contribution in [-0.4, -0.2) is 65.6 Å². The number of halogens is 17. The summed E-state index contributed by atoms with van der Waals surface area (Å²) in [5.74, 6) is -67.3. The van der Waals surface area contributed by atoms with E-state index in [9.17, 15) is 85.0 Å². The maximum absolute atomic E-state index is 15.3. The Balaban J connectivity index is 2.02. The molecule has 0 amide bonds. The van der Waals surface area contributed by atoms with Crippen molar-refractivity contribution in [3.63, 3.8) is 0 Å². The van der Waals surface area contributed by atoms with Crippen LogP contribution in [0.3, 0.4) is 0 Å². The van der Waals surface area contributed by atoms with Gasteiger partial charge in [-0.05, 0) is 18.2 Å². The first-order valence-electron chi connectivity index (χ1n) is 10.8. The van der Waals surface area contributed by atoms with Crippen molar-refractivity contribution in [2.75, 3.05) is 0 Å². The minimum atomic E-state index is -8.91. The summed E-state index contributed by atoms with van der Waals surface area (Å²) in [6.45, 7) is 0. The number of carbonyl (C=O) groups excluding carboxylic acids is 4. The van der Waals surface area contributed by atoms with E-state index < -0.39 is 116 Å². The van der Waals surface area contributed by atoms with Crippen LogP contribution in [0.1, 0.15) is 47.0 Å². The Morgan fingerprint density at radius 3 is 1.22 bits per heavy atom. The van der Waals surface area contributed by atoms with E-state index in [1.54, 1.807) is 0 Å². The minimum Gasteiger partial charge on any atom is -0.386 e. The number of carbonyl (C=O) groups is 4. The molecule has 2 aromatic carbocycles. The highest BCUT2D eigenvalue weighted by Crippen LogP contribution is 2.65. The Morgan fingerprint density at radius 1 is 0.422 bits per heavy atom. The molecule has 23 heteroatoms. The van der Waals surface area contributed by atoms with Crippen molar-refractivity contribution in [1.29, 1.82) is 0 Å². The smallest absolute Gasteiger partial charge is 0.386 e. The zero-order valence-corrected chi connectivity index (χ0v) is 20.1. The summed E-state index contributed by atoms with van der Waals surface area (Å²) in [5, 5.41) is -2.49. The Hall–Kier alpha value is -4.21. The van der Waals surface area contributed by atoms with Crippen LogP contribution < -0.4 is 0 Å². The molecule has 45 heavy (non-hydrogen) atoms. The summed E-state index contributed by atoms with van der Waals surface area (Å²) in [6, 6.07) is 0.323. The number of ether oxygens (including phenoxy) is 2. The van der Waals surface area contributed by atoms with Gasteiger partial charge in [0.2, 0.25) is 0 Å². The van der Waals surface area contributed by atoms with Gasteiger partial charge in [-0.3, -0.25) is 0 Å². The van der Waals surface area contributed by atoms with Crippen molar-refractivity contribution in [2.24, 2.45) is 0 Å². The Labute approximate surface area is 232 Å². The van der Waals surface area contributed by atoms with Gasteiger partial charge in [-0.1, -0.05) is 0 Å². The molecular formula is C22H3F17O6. The first-order valence-corrected chi connectivity index (χ1v) is 10.8. The average molecular weight is 686 g/mol. The molecule has 0 fully saturated rings. The lowest BCUT2D eigenvalue weighted by molar-refractivity contribution is -0.462. The number of alkyl halides is 17. The molecular weight excluding hydrogens is 683 g/mol. The second kappa shape index (κ2) is 8.95. The third kappa shape index (κ3) is 3.83. The molecule has 0 saturated carbocycles. The zero-order valence-electron chi connectivity index (χ0n) is 20.1. The number of benzene rings is 2. The molecule has 2 aliphatic heterocycles. The lowest BCUT2D eigenvalue weighted by atomic mass is 9.81. The molecule has 246 valence electrons. The maximum atomic E-state index is 15.3. The van der Waals surface area contributed by atoms with Crippen LogP contribution in [0.2, 0.25) is 0 Å². The van der Waals surface area contributed by atoms with E-state index >= 15 is 8.78 Å². The van der Waals surface area contributed by atoms with Crippen LogP contribution >= 0.6 is 0 Å². The summed E-state index contributed by atoms with van der Waals surface area (Å²) < 4.78 is 243. The predicted octanol–water partition coefficient (Wildman–Crippen LogP) is 6.93. The second-order valence-corrected chi connectivity index (χ2v) is 9.13. The van der Waals surface area contributed by atoms with Gasteiger partial charge in [0.05, 0.1) is 22.3 Å². The molecule has 0 spiro atoms. The van der Waals surface area contributed by atoms with Gasteiger partial charge < -0.3 is 9.47 Å². The highest BCUT2D eigenvalue weighted by Gasteiger charge is 2.95. The van der Waals surface area contributed by atoms with Gasteiger partial charge in [0.15, 0.2) is 0 Å². The lowest BCUT2D eigenvalue weighted by Crippen LogP contribution is -2.74. The highest BCUT2D eigenvalue weighted by molar-refractivity contribution is 6.29. The monoisotopic (exact) mass is 686 g/mol. The first kappa shape index (κ1) is 33.7. The standard InChI is InChI=1S/C22H3F17O6/c23-15(24,16(25,26)17(27,28)18(29,30)19(31,32)20(33,34)21(35,36)22(37,38)39)7-3-6-8-4(11(40)44-13(6)42)1-2-5-9(8)10(7)14(43)45-12(5)41/h1-3H. The molecule has 0 saturated heterocycles. The zero-order chi connectivity index (χ0) is 34.9. The van der Waals surface area contributed by atoms with Crippen molar-refractivity contribution in [2.45, 2.75) is 47.6 Å². The molecule has 0 radical (unpaired) electrons. The van der Waals surface area contributed by atoms with Crippen LogP contribution in [0.4, 0.5) is 74.6 Å². The Bertz CT molecular complexity index is 1710. The Morgan fingerprint density at radius 2 is 0.778 bits per heavy atom. The SMILES string of the molecule is O=C1OC(=O)c2cc(C(F)(F)C(F)(F)C(F)(F)C(F)(F)C(F)(F)C(F)(F)C(F)(F)C(F)(F)F)c3c4c(ccc1c24)C(=O)OC3=O. The number of hydrogen-bond donors (Lipinski definition) is 0. The predicted molar refractivity (Wildman–Crippen MR) is 103 cm³/mol. The van der Waals surface area contributed by atoms with Crippen LogP contribution in [0.15, 0.2) is 18.2 Å². The van der Waals surface area contributed by atoms with Crippen LogP contribution in [-0.2, 0) is 15.4 Å². The van der Waals surface area contributed by atoms with Crippen molar-refractivity contribution in [1.82, 2.24) is 0 Å². The normalized spacial score (nSPS) is 17.1. The average Bonchev–Trinajstić information content (AvgIpc) is 2.88. The lowest BCUT2D eigenvalue weighted by Gasteiger charge is -2.43. The van der Waals surface area contributed by atoms with Gasteiger partial charge in [0.1, 0.15) is 0 Å². The van der Waals surface area contributed by atoms with Crippen molar-refractivity contribution in [3.05, 3.63) is 46.0 Å². The summed E-state index contributed by atoms with van der Waals surface area (Å²) in [7, 11) is 0. The minimum absolute atomic E-state index is 0.434. The molecule has 2 heterocycles. The van der Waals surface area contributed by atoms with E-state index in [4.69, 9.17) is 0 Å².